The van der Waals surface area contributed by atoms with Gasteiger partial charge in [-0.3, -0.25) is 24.4 Å². The van der Waals surface area contributed by atoms with Gasteiger partial charge in [0.2, 0.25) is 17.7 Å². The molecule has 4 N–H and O–H groups in total. The maximum atomic E-state index is 14.0. The van der Waals surface area contributed by atoms with E-state index in [-0.39, 0.29) is 51.6 Å². The summed E-state index contributed by atoms with van der Waals surface area (Å²) in [6.07, 6.45) is 3.35. The minimum absolute atomic E-state index is 0.00537. The van der Waals surface area contributed by atoms with Crippen LogP contribution in [0.1, 0.15) is 124 Å². The molecule has 1 fully saturated rings. The first-order valence-corrected chi connectivity index (χ1v) is 27.8. The Bertz CT molecular complexity index is 2690. The number of amides is 3. The van der Waals surface area contributed by atoms with Crippen LogP contribution in [0.5, 0.6) is 17.2 Å². The summed E-state index contributed by atoms with van der Waals surface area (Å²) in [6, 6.07) is 20.6. The van der Waals surface area contributed by atoms with Crippen LogP contribution >= 0.6 is 0 Å². The average Bonchev–Trinajstić information content (AvgIpc) is 3.99. The van der Waals surface area contributed by atoms with Gasteiger partial charge in [-0.15, -0.1) is 0 Å². The minimum atomic E-state index is -2.57. The van der Waals surface area contributed by atoms with E-state index < -0.39 is 15.5 Å². The molecule has 0 aliphatic carbocycles. The largest absolute Gasteiger partial charge is 0.496 e. The molecule has 0 bridgehead atoms. The molecule has 1 unspecified atom stereocenters. The molecule has 0 aromatic heterocycles. The van der Waals surface area contributed by atoms with Crippen LogP contribution in [0.15, 0.2) is 71.6 Å². The van der Waals surface area contributed by atoms with Crippen molar-refractivity contribution in [2.24, 2.45) is 5.14 Å². The molecule has 0 radical (unpaired) electrons. The molecule has 4 aromatic rings. The maximum Gasteiger partial charge on any atom is 0.241 e. The Labute approximate surface area is 456 Å². The van der Waals surface area contributed by atoms with Crippen molar-refractivity contribution in [3.63, 3.8) is 0 Å². The predicted molar refractivity (Wildman–Crippen MR) is 314 cm³/mol. The number of nitrogens with two attached hydrogens (primary N) is 1. The Morgan fingerprint density at radius 1 is 0.697 bits per heavy atom. The second-order valence-corrected chi connectivity index (χ2v) is 26.0. The van der Waals surface area contributed by atoms with E-state index in [4.69, 9.17) is 19.3 Å². The van der Waals surface area contributed by atoms with Crippen LogP contribution in [0.25, 0.3) is 0 Å². The molecule has 14 nitrogen and oxygen atoms in total. The number of halogens is 1. The number of carbonyl (C=O) groups is 3. The molecular weight excluding hydrogens is 982 g/mol. The summed E-state index contributed by atoms with van der Waals surface area (Å²) in [4.78, 5) is 44.2. The van der Waals surface area contributed by atoms with Crippen molar-refractivity contribution in [3.8, 4) is 17.2 Å². The van der Waals surface area contributed by atoms with Gasteiger partial charge in [-0.2, -0.15) is 0 Å². The molecule has 1 atom stereocenters. The number of anilines is 3. The van der Waals surface area contributed by atoms with E-state index in [2.05, 4.69) is 95.9 Å². The third kappa shape index (κ3) is 19.4. The van der Waals surface area contributed by atoms with Crippen molar-refractivity contribution < 1.29 is 37.2 Å². The number of likely N-dealkylation sites (N-methyl/N-ethyl adjacent to an activating group) is 2. The maximum absolute atomic E-state index is 14.0. The van der Waals surface area contributed by atoms with Crippen LogP contribution in [0.3, 0.4) is 0 Å². The molecule has 0 saturated carbocycles. The summed E-state index contributed by atoms with van der Waals surface area (Å²) in [5, 5.41) is 11.2. The molecule has 1 saturated heterocycles. The van der Waals surface area contributed by atoms with E-state index in [1.165, 1.54) is 42.7 Å². The number of ether oxygens (including phenoxy) is 3. The molecule has 6 rings (SSSR count). The second-order valence-electron chi connectivity index (χ2n) is 24.1. The highest BCUT2D eigenvalue weighted by Crippen LogP contribution is 2.40. The Morgan fingerprint density at radius 2 is 1.21 bits per heavy atom. The SMILES string of the molecule is C=S(N)(=O)c1ccc(C(C)(C)C)cc1.COc1cc(F)c(NC(=O)CN(C)C)cc1C(C)(C)C.COc1cc2c(cc1C(C)(C)C)N(C(=O)CN1CCCC1)CC2.COc1ccc(NCC(=O)N(C)C)cc1C(C)(C)C. The second kappa shape index (κ2) is 27.1. The quantitative estimate of drug-likeness (QED) is 0.117. The molecule has 2 heterocycles. The number of benzene rings is 4. The summed E-state index contributed by atoms with van der Waals surface area (Å²) < 4.78 is 41.6. The van der Waals surface area contributed by atoms with Crippen molar-refractivity contribution in [2.75, 3.05) is 104 Å². The number of hydrogen-bond acceptors (Lipinski definition) is 10. The smallest absolute Gasteiger partial charge is 0.241 e. The lowest BCUT2D eigenvalue weighted by Crippen LogP contribution is -2.38. The number of hydrogen-bond donors (Lipinski definition) is 3. The predicted octanol–water partition coefficient (Wildman–Crippen LogP) is 10.0. The van der Waals surface area contributed by atoms with E-state index in [9.17, 15) is 23.0 Å². The van der Waals surface area contributed by atoms with Crippen LogP contribution in [0.4, 0.5) is 21.5 Å². The van der Waals surface area contributed by atoms with Crippen molar-refractivity contribution in [1.82, 2.24) is 14.7 Å². The van der Waals surface area contributed by atoms with E-state index in [1.54, 1.807) is 70.4 Å². The first-order valence-electron chi connectivity index (χ1n) is 26.0. The van der Waals surface area contributed by atoms with Gasteiger partial charge >= 0.3 is 0 Å². The molecule has 16 heteroatoms. The van der Waals surface area contributed by atoms with Gasteiger partial charge in [0.1, 0.15) is 23.1 Å². The summed E-state index contributed by atoms with van der Waals surface area (Å²) >= 11 is 0. The highest BCUT2D eigenvalue weighted by atomic mass is 32.2. The van der Waals surface area contributed by atoms with E-state index >= 15 is 0 Å². The zero-order valence-corrected chi connectivity index (χ0v) is 50.2. The standard InChI is InChI=1S/C19H28N2O2.C15H23FN2O2.C15H24N2O2.C11H17NOS/c1-19(2,3)15-12-16-14(11-17(15)23-4)7-10-21(16)18(22)13-20-8-5-6-9-20;1-15(2,3)10-7-12(11(16)8-13(10)20-6)17-14(19)9-18(4)5;1-15(2,3)12-9-11(7-8-13(12)19-6)16-10-14(18)17(4)5;1-11(2,3)9-5-7-10(8-6-9)14(4,12)13/h11-12H,5-10,13H2,1-4H3;7-8H,9H2,1-6H3,(H,17,19);7-9,16H,10H2,1-6H3;5-8H,4H2,1-3H3,(H2,12,13). The molecule has 2 aliphatic heterocycles. The van der Waals surface area contributed by atoms with Gasteiger partial charge in [0, 0.05) is 59.7 Å². The molecular formula is C60H92FN7O7S. The number of nitrogens with one attached hydrogen (secondary N) is 2. The first kappa shape index (κ1) is 64.6. The lowest BCUT2D eigenvalue weighted by atomic mass is 9.85. The van der Waals surface area contributed by atoms with Crippen molar-refractivity contribution in [3.05, 3.63) is 100 Å². The highest BCUT2D eigenvalue weighted by molar-refractivity contribution is 7.98. The lowest BCUT2D eigenvalue weighted by Gasteiger charge is -2.26. The van der Waals surface area contributed by atoms with E-state index in [0.717, 1.165) is 60.1 Å². The Morgan fingerprint density at radius 3 is 1.68 bits per heavy atom. The van der Waals surface area contributed by atoms with Crippen molar-refractivity contribution in [1.29, 1.82) is 0 Å². The van der Waals surface area contributed by atoms with E-state index in [0.29, 0.717) is 23.7 Å². The monoisotopic (exact) mass is 1070 g/mol. The highest BCUT2D eigenvalue weighted by Gasteiger charge is 2.31. The van der Waals surface area contributed by atoms with Gasteiger partial charge < -0.3 is 39.5 Å². The first-order chi connectivity index (χ1) is 35.0. The number of likely N-dealkylation sites (tertiary alicyclic amines) is 1. The third-order valence-corrected chi connectivity index (χ3v) is 13.9. The van der Waals surface area contributed by atoms with Gasteiger partial charge in [-0.25, -0.2) is 8.60 Å². The van der Waals surface area contributed by atoms with Crippen LogP contribution in [-0.2, 0) is 52.2 Å². The summed E-state index contributed by atoms with van der Waals surface area (Å²) in [6.45, 7) is 29.3. The summed E-state index contributed by atoms with van der Waals surface area (Å²) in [7, 11) is 9.40. The van der Waals surface area contributed by atoms with Gasteiger partial charge in [0.05, 0.1) is 56.4 Å². The molecule has 2 aliphatic rings. The Balaban J connectivity index is 0.000000271. The van der Waals surface area contributed by atoms with Crippen molar-refractivity contribution in [2.45, 2.75) is 129 Å². The van der Waals surface area contributed by atoms with Gasteiger partial charge in [0.15, 0.2) is 0 Å². The lowest BCUT2D eigenvalue weighted by molar-refractivity contribution is -0.126. The number of rotatable bonds is 12. The zero-order chi connectivity index (χ0) is 57.7. The fourth-order valence-electron chi connectivity index (χ4n) is 8.45. The van der Waals surface area contributed by atoms with Crippen molar-refractivity contribution >= 4 is 50.4 Å². The number of fused-ring (bicyclic) bond motifs is 1. The van der Waals surface area contributed by atoms with Crippen LogP contribution in [-0.4, -0.2) is 131 Å². The zero-order valence-electron chi connectivity index (χ0n) is 49.4. The van der Waals surface area contributed by atoms with Crippen LogP contribution in [0, 0.1) is 5.82 Å². The number of carbonyl (C=O) groups excluding carboxylic acids is 3. The molecule has 3 amide bonds. The fraction of sp³-hybridized carbons (Fsp3) is 0.533. The van der Waals surface area contributed by atoms with Gasteiger partial charge in [0.25, 0.3) is 0 Å². The number of nitrogens with zero attached hydrogens (tertiary/aromatic N) is 4. The Hall–Kier alpha value is -5.68. The fourth-order valence-corrected chi connectivity index (χ4v) is 9.05. The normalized spacial score (nSPS) is 14.4. The van der Waals surface area contributed by atoms with Gasteiger partial charge in [-0.1, -0.05) is 95.2 Å². The molecule has 76 heavy (non-hydrogen) atoms. The minimum Gasteiger partial charge on any atom is -0.496 e. The van der Waals surface area contributed by atoms with Crippen LogP contribution in [0.2, 0.25) is 0 Å². The van der Waals surface area contributed by atoms with Crippen LogP contribution < -0.4 is 34.9 Å². The third-order valence-electron chi connectivity index (χ3n) is 12.9. The molecule has 0 spiro atoms. The summed E-state index contributed by atoms with van der Waals surface area (Å²) in [5.74, 6) is 5.26. The topological polar surface area (TPSA) is 159 Å². The Kier molecular flexibility index (Phi) is 23.0. The number of methoxy groups -OCH3 is 3. The van der Waals surface area contributed by atoms with E-state index in [1.807, 2.05) is 56.0 Å². The molecule has 4 aromatic carbocycles. The molecule has 422 valence electrons. The average molecular weight is 1070 g/mol. The summed E-state index contributed by atoms with van der Waals surface area (Å²) in [5.41, 5.74) is 7.65. The van der Waals surface area contributed by atoms with Gasteiger partial charge in [-0.05, 0) is 134 Å².